The lowest BCUT2D eigenvalue weighted by Gasteiger charge is -2.29. The second-order valence-corrected chi connectivity index (χ2v) is 5.33. The van der Waals surface area contributed by atoms with E-state index in [9.17, 15) is 4.39 Å². The van der Waals surface area contributed by atoms with Gasteiger partial charge in [0.2, 0.25) is 0 Å². The molecule has 0 amide bonds. The van der Waals surface area contributed by atoms with Crippen LogP contribution in [0.15, 0.2) is 18.2 Å². The fourth-order valence-electron chi connectivity index (χ4n) is 2.48. The van der Waals surface area contributed by atoms with E-state index in [2.05, 4.69) is 17.3 Å². The number of rotatable bonds is 5. The SMILES string of the molecule is COc1ccc(CNCC2CCN(C)CC2)c(F)c1. The molecule has 1 aromatic rings. The van der Waals surface area contributed by atoms with E-state index in [0.29, 0.717) is 17.9 Å². The zero-order valence-electron chi connectivity index (χ0n) is 11.8. The second-order valence-electron chi connectivity index (χ2n) is 5.33. The van der Waals surface area contributed by atoms with Crippen molar-refractivity contribution in [2.24, 2.45) is 5.92 Å². The molecule has 2 rings (SSSR count). The summed E-state index contributed by atoms with van der Waals surface area (Å²) in [5.41, 5.74) is 0.703. The highest BCUT2D eigenvalue weighted by Crippen LogP contribution is 2.17. The third-order valence-corrected chi connectivity index (χ3v) is 3.85. The summed E-state index contributed by atoms with van der Waals surface area (Å²) in [4.78, 5) is 2.36. The molecule has 1 N–H and O–H groups in total. The molecule has 3 nitrogen and oxygen atoms in total. The van der Waals surface area contributed by atoms with Crippen LogP contribution in [-0.4, -0.2) is 38.7 Å². The zero-order chi connectivity index (χ0) is 13.7. The highest BCUT2D eigenvalue weighted by Gasteiger charge is 2.16. The monoisotopic (exact) mass is 266 g/mol. The highest BCUT2D eigenvalue weighted by molar-refractivity contribution is 5.28. The summed E-state index contributed by atoms with van der Waals surface area (Å²) in [7, 11) is 3.71. The van der Waals surface area contributed by atoms with Crippen molar-refractivity contribution in [3.63, 3.8) is 0 Å². The Bertz CT molecular complexity index is 403. The number of nitrogens with zero attached hydrogens (tertiary/aromatic N) is 1. The molecule has 19 heavy (non-hydrogen) atoms. The van der Waals surface area contributed by atoms with Crippen LogP contribution in [0.5, 0.6) is 5.75 Å². The van der Waals surface area contributed by atoms with Crippen molar-refractivity contribution >= 4 is 0 Å². The fraction of sp³-hybridized carbons (Fsp3) is 0.600. The molecule has 0 saturated carbocycles. The van der Waals surface area contributed by atoms with Gasteiger partial charge in [-0.25, -0.2) is 4.39 Å². The van der Waals surface area contributed by atoms with Crippen LogP contribution >= 0.6 is 0 Å². The van der Waals surface area contributed by atoms with E-state index in [4.69, 9.17) is 4.74 Å². The summed E-state index contributed by atoms with van der Waals surface area (Å²) in [6.45, 7) is 3.90. The normalized spacial score (nSPS) is 17.6. The van der Waals surface area contributed by atoms with Crippen LogP contribution in [0.2, 0.25) is 0 Å². The minimum Gasteiger partial charge on any atom is -0.497 e. The average molecular weight is 266 g/mol. The molecule has 106 valence electrons. The molecular formula is C15H23FN2O. The van der Waals surface area contributed by atoms with Crippen molar-refractivity contribution < 1.29 is 9.13 Å². The maximum atomic E-state index is 13.7. The summed E-state index contributed by atoms with van der Waals surface area (Å²) in [5, 5.41) is 3.37. The molecule has 1 aromatic carbocycles. The molecule has 0 spiro atoms. The van der Waals surface area contributed by atoms with Crippen LogP contribution in [0.25, 0.3) is 0 Å². The average Bonchev–Trinajstić information content (AvgIpc) is 2.42. The van der Waals surface area contributed by atoms with Gasteiger partial charge in [0.05, 0.1) is 7.11 Å². The standard InChI is InChI=1S/C15H23FN2O/c1-18-7-5-12(6-8-18)10-17-11-13-3-4-14(19-2)9-15(13)16/h3-4,9,12,17H,5-8,10-11H2,1-2H3. The topological polar surface area (TPSA) is 24.5 Å². The van der Waals surface area contributed by atoms with Gasteiger partial charge < -0.3 is 15.0 Å². The largest absolute Gasteiger partial charge is 0.497 e. The molecule has 1 aliphatic rings. The number of nitrogens with one attached hydrogen (secondary N) is 1. The number of hydrogen-bond acceptors (Lipinski definition) is 3. The van der Waals surface area contributed by atoms with E-state index in [-0.39, 0.29) is 5.82 Å². The van der Waals surface area contributed by atoms with Gasteiger partial charge in [0.25, 0.3) is 0 Å². The molecule has 1 saturated heterocycles. The molecular weight excluding hydrogens is 243 g/mol. The quantitative estimate of drug-likeness (QED) is 0.885. The molecule has 1 fully saturated rings. The maximum absolute atomic E-state index is 13.7. The first kappa shape index (κ1) is 14.3. The third kappa shape index (κ3) is 4.18. The summed E-state index contributed by atoms with van der Waals surface area (Å²) in [6.07, 6.45) is 2.46. The molecule has 0 atom stereocenters. The van der Waals surface area contributed by atoms with Gasteiger partial charge in [-0.3, -0.25) is 0 Å². The second kappa shape index (κ2) is 6.87. The number of methoxy groups -OCH3 is 1. The van der Waals surface area contributed by atoms with Gasteiger partial charge in [0, 0.05) is 18.2 Å². The Labute approximate surface area is 114 Å². The van der Waals surface area contributed by atoms with Gasteiger partial charge in [-0.15, -0.1) is 0 Å². The number of likely N-dealkylation sites (tertiary alicyclic amines) is 1. The maximum Gasteiger partial charge on any atom is 0.131 e. The minimum atomic E-state index is -0.199. The van der Waals surface area contributed by atoms with Gasteiger partial charge >= 0.3 is 0 Å². The van der Waals surface area contributed by atoms with Crippen LogP contribution in [0.1, 0.15) is 18.4 Å². The van der Waals surface area contributed by atoms with E-state index < -0.39 is 0 Å². The lowest BCUT2D eigenvalue weighted by molar-refractivity contribution is 0.216. The first-order valence-electron chi connectivity index (χ1n) is 6.90. The summed E-state index contributed by atoms with van der Waals surface area (Å²) in [5.74, 6) is 1.09. The lowest BCUT2D eigenvalue weighted by atomic mass is 9.97. The van der Waals surface area contributed by atoms with Gasteiger partial charge in [-0.2, -0.15) is 0 Å². The van der Waals surface area contributed by atoms with Crippen LogP contribution in [0, 0.1) is 11.7 Å². The highest BCUT2D eigenvalue weighted by atomic mass is 19.1. The van der Waals surface area contributed by atoms with Crippen molar-refractivity contribution in [2.75, 3.05) is 33.8 Å². The van der Waals surface area contributed by atoms with Crippen molar-refractivity contribution in [2.45, 2.75) is 19.4 Å². The molecule has 0 radical (unpaired) electrons. The summed E-state index contributed by atoms with van der Waals surface area (Å²) >= 11 is 0. The van der Waals surface area contributed by atoms with Crippen molar-refractivity contribution in [1.82, 2.24) is 10.2 Å². The molecule has 1 aliphatic heterocycles. The molecule has 0 aliphatic carbocycles. The van der Waals surface area contributed by atoms with Crippen molar-refractivity contribution in [1.29, 1.82) is 0 Å². The van der Waals surface area contributed by atoms with E-state index in [1.807, 2.05) is 0 Å². The van der Waals surface area contributed by atoms with Crippen LogP contribution in [-0.2, 0) is 6.54 Å². The number of hydrogen-bond donors (Lipinski definition) is 1. The van der Waals surface area contributed by atoms with Gasteiger partial charge in [0.15, 0.2) is 0 Å². The van der Waals surface area contributed by atoms with Crippen LogP contribution in [0.3, 0.4) is 0 Å². The Hall–Kier alpha value is -1.13. The lowest BCUT2D eigenvalue weighted by Crippen LogP contribution is -2.34. The van der Waals surface area contributed by atoms with Crippen LogP contribution < -0.4 is 10.1 Å². The number of ether oxygens (including phenoxy) is 1. The fourth-order valence-corrected chi connectivity index (χ4v) is 2.48. The van der Waals surface area contributed by atoms with Crippen molar-refractivity contribution in [3.8, 4) is 5.75 Å². The molecule has 4 heteroatoms. The predicted octanol–water partition coefficient (Wildman–Crippen LogP) is 2.27. The van der Waals surface area contributed by atoms with E-state index in [1.165, 1.54) is 32.0 Å². The van der Waals surface area contributed by atoms with E-state index in [1.54, 1.807) is 19.2 Å². The van der Waals surface area contributed by atoms with Crippen molar-refractivity contribution in [3.05, 3.63) is 29.6 Å². The smallest absolute Gasteiger partial charge is 0.131 e. The van der Waals surface area contributed by atoms with E-state index >= 15 is 0 Å². The first-order valence-corrected chi connectivity index (χ1v) is 6.90. The first-order chi connectivity index (χ1) is 9.19. The van der Waals surface area contributed by atoms with Gasteiger partial charge in [-0.1, -0.05) is 6.07 Å². The van der Waals surface area contributed by atoms with Gasteiger partial charge in [-0.05, 0) is 51.5 Å². The van der Waals surface area contributed by atoms with Gasteiger partial charge in [0.1, 0.15) is 11.6 Å². The summed E-state index contributed by atoms with van der Waals surface area (Å²) in [6, 6.07) is 5.03. The molecule has 0 aromatic heterocycles. The minimum absolute atomic E-state index is 0.199. The Balaban J connectivity index is 1.76. The van der Waals surface area contributed by atoms with Crippen LogP contribution in [0.4, 0.5) is 4.39 Å². The number of piperidine rings is 1. The molecule has 0 unspecified atom stereocenters. The molecule has 0 bridgehead atoms. The van der Waals surface area contributed by atoms with E-state index in [0.717, 1.165) is 12.5 Å². The summed E-state index contributed by atoms with van der Waals surface area (Å²) < 4.78 is 18.7. The Morgan fingerprint density at radius 2 is 2.11 bits per heavy atom. The molecule has 1 heterocycles. The number of benzene rings is 1. The zero-order valence-corrected chi connectivity index (χ0v) is 11.8. The Kier molecular flexibility index (Phi) is 5.16. The Morgan fingerprint density at radius 1 is 1.37 bits per heavy atom. The Morgan fingerprint density at radius 3 is 2.74 bits per heavy atom. The number of halogens is 1. The third-order valence-electron chi connectivity index (χ3n) is 3.85. The predicted molar refractivity (Wildman–Crippen MR) is 74.9 cm³/mol.